The second-order valence-corrected chi connectivity index (χ2v) is 4.56. The molecule has 0 atom stereocenters. The van der Waals surface area contributed by atoms with Crippen LogP contribution in [0.2, 0.25) is 5.02 Å². The molecule has 21 heavy (non-hydrogen) atoms. The Morgan fingerprint density at radius 1 is 1.24 bits per heavy atom. The van der Waals surface area contributed by atoms with Gasteiger partial charge in [-0.15, -0.1) is 0 Å². The van der Waals surface area contributed by atoms with Gasteiger partial charge in [0.25, 0.3) is 5.69 Å². The maximum atomic E-state index is 10.7. The van der Waals surface area contributed by atoms with Crippen LogP contribution in [-0.4, -0.2) is 12.0 Å². The summed E-state index contributed by atoms with van der Waals surface area (Å²) in [5.74, 6) is 1.12. The van der Waals surface area contributed by atoms with Gasteiger partial charge >= 0.3 is 0 Å². The molecule has 0 spiro atoms. The van der Waals surface area contributed by atoms with E-state index in [1.165, 1.54) is 25.3 Å². The van der Waals surface area contributed by atoms with E-state index in [1.54, 1.807) is 18.2 Å². The topological polar surface area (TPSA) is 87.6 Å². The molecule has 0 saturated carbocycles. The van der Waals surface area contributed by atoms with Gasteiger partial charge in [-0.3, -0.25) is 10.1 Å². The highest BCUT2D eigenvalue weighted by Gasteiger charge is 2.13. The number of hydrogen-bond acceptors (Lipinski definition) is 5. The first-order valence-corrected chi connectivity index (χ1v) is 6.41. The third-order valence-corrected chi connectivity index (χ3v) is 3.18. The van der Waals surface area contributed by atoms with Crippen LogP contribution in [0.3, 0.4) is 0 Å². The Morgan fingerprint density at radius 3 is 2.57 bits per heavy atom. The maximum absolute atomic E-state index is 10.7. The lowest BCUT2D eigenvalue weighted by Gasteiger charge is -2.11. The predicted molar refractivity (Wildman–Crippen MR) is 79.1 cm³/mol. The van der Waals surface area contributed by atoms with E-state index in [2.05, 4.69) is 0 Å². The van der Waals surface area contributed by atoms with Gasteiger partial charge in [0.2, 0.25) is 0 Å². The standard InChI is InChI=1S/C14H13ClN2O4/c1-20-14-6-10(17(18)19)3-5-13(14)21-11-4-2-9(8-16)12(15)7-11/h2-7H,8,16H2,1H3. The van der Waals surface area contributed by atoms with E-state index < -0.39 is 4.92 Å². The SMILES string of the molecule is COc1cc([N+](=O)[O-])ccc1Oc1ccc(CN)c(Cl)c1. The van der Waals surface area contributed by atoms with E-state index in [1.807, 2.05) is 0 Å². The highest BCUT2D eigenvalue weighted by molar-refractivity contribution is 6.31. The molecule has 0 bridgehead atoms. The van der Waals surface area contributed by atoms with Crippen molar-refractivity contribution in [3.63, 3.8) is 0 Å². The van der Waals surface area contributed by atoms with Gasteiger partial charge in [-0.2, -0.15) is 0 Å². The lowest BCUT2D eigenvalue weighted by Crippen LogP contribution is -1.97. The summed E-state index contributed by atoms with van der Waals surface area (Å²) < 4.78 is 10.7. The molecule has 7 heteroatoms. The average molecular weight is 309 g/mol. The van der Waals surface area contributed by atoms with E-state index in [0.29, 0.717) is 23.1 Å². The number of ether oxygens (including phenoxy) is 2. The van der Waals surface area contributed by atoms with Crippen LogP contribution in [0.1, 0.15) is 5.56 Å². The van der Waals surface area contributed by atoms with Crippen LogP contribution in [0.4, 0.5) is 5.69 Å². The van der Waals surface area contributed by atoms with Gasteiger partial charge in [0.05, 0.1) is 18.1 Å². The van der Waals surface area contributed by atoms with Crippen LogP contribution in [0.5, 0.6) is 17.2 Å². The minimum atomic E-state index is -0.501. The summed E-state index contributed by atoms with van der Waals surface area (Å²) in [7, 11) is 1.41. The third kappa shape index (κ3) is 3.42. The Bertz CT molecular complexity index is 676. The van der Waals surface area contributed by atoms with Crippen LogP contribution in [0, 0.1) is 10.1 Å². The summed E-state index contributed by atoms with van der Waals surface area (Å²) in [6, 6.07) is 9.22. The van der Waals surface area contributed by atoms with Gasteiger partial charge in [-0.1, -0.05) is 17.7 Å². The zero-order valence-electron chi connectivity index (χ0n) is 11.2. The molecule has 0 aliphatic rings. The number of nitro benzene ring substituents is 1. The van der Waals surface area contributed by atoms with Crippen LogP contribution in [-0.2, 0) is 6.54 Å². The molecule has 0 aliphatic carbocycles. The number of benzene rings is 2. The van der Waals surface area contributed by atoms with Crippen molar-refractivity contribution in [1.82, 2.24) is 0 Å². The summed E-state index contributed by atoms with van der Waals surface area (Å²) in [5, 5.41) is 11.2. The number of nitrogens with two attached hydrogens (primary N) is 1. The van der Waals surface area contributed by atoms with Crippen LogP contribution >= 0.6 is 11.6 Å². The van der Waals surface area contributed by atoms with Gasteiger partial charge in [-0.25, -0.2) is 0 Å². The zero-order chi connectivity index (χ0) is 15.4. The number of rotatable bonds is 5. The summed E-state index contributed by atoms with van der Waals surface area (Å²) in [6.45, 7) is 0.333. The number of non-ortho nitro benzene ring substituents is 1. The molecule has 0 saturated heterocycles. The van der Waals surface area contributed by atoms with Crippen molar-refractivity contribution in [2.75, 3.05) is 7.11 Å². The highest BCUT2D eigenvalue weighted by atomic mass is 35.5. The van der Waals surface area contributed by atoms with Crippen molar-refractivity contribution in [2.45, 2.75) is 6.54 Å². The number of hydrogen-bond donors (Lipinski definition) is 1. The fraction of sp³-hybridized carbons (Fsp3) is 0.143. The largest absolute Gasteiger partial charge is 0.493 e. The van der Waals surface area contributed by atoms with Crippen LogP contribution in [0.15, 0.2) is 36.4 Å². The van der Waals surface area contributed by atoms with E-state index in [9.17, 15) is 10.1 Å². The van der Waals surface area contributed by atoms with Gasteiger partial charge in [0, 0.05) is 17.6 Å². The second-order valence-electron chi connectivity index (χ2n) is 4.15. The quantitative estimate of drug-likeness (QED) is 0.674. The van der Waals surface area contributed by atoms with Crippen molar-refractivity contribution in [2.24, 2.45) is 5.73 Å². The Morgan fingerprint density at radius 2 is 2.00 bits per heavy atom. The molecule has 6 nitrogen and oxygen atoms in total. The number of methoxy groups -OCH3 is 1. The molecule has 0 heterocycles. The Hall–Kier alpha value is -2.31. The van der Waals surface area contributed by atoms with Crippen molar-refractivity contribution < 1.29 is 14.4 Å². The van der Waals surface area contributed by atoms with Crippen molar-refractivity contribution >= 4 is 17.3 Å². The van der Waals surface area contributed by atoms with Crippen molar-refractivity contribution in [1.29, 1.82) is 0 Å². The number of nitrogens with zero attached hydrogens (tertiary/aromatic N) is 1. The van der Waals surface area contributed by atoms with E-state index in [0.717, 1.165) is 5.56 Å². The molecular formula is C14H13ClN2O4. The molecular weight excluding hydrogens is 296 g/mol. The molecule has 2 rings (SSSR count). The van der Waals surface area contributed by atoms with E-state index in [4.69, 9.17) is 26.8 Å². The molecule has 110 valence electrons. The average Bonchev–Trinajstić information content (AvgIpc) is 2.47. The Kier molecular flexibility index (Phi) is 4.62. The summed E-state index contributed by atoms with van der Waals surface area (Å²) in [4.78, 5) is 10.2. The smallest absolute Gasteiger partial charge is 0.273 e. The molecule has 0 radical (unpaired) electrons. The summed E-state index contributed by atoms with van der Waals surface area (Å²) >= 11 is 6.06. The highest BCUT2D eigenvalue weighted by Crippen LogP contribution is 2.35. The van der Waals surface area contributed by atoms with E-state index in [-0.39, 0.29) is 11.4 Å². The number of halogens is 1. The summed E-state index contributed by atoms with van der Waals surface area (Å²) in [5.41, 5.74) is 6.27. The normalized spacial score (nSPS) is 10.2. The van der Waals surface area contributed by atoms with Gasteiger partial charge in [0.15, 0.2) is 11.5 Å². The minimum absolute atomic E-state index is 0.0734. The first kappa shape index (κ1) is 15.1. The number of nitro groups is 1. The molecule has 0 amide bonds. The second kappa shape index (κ2) is 6.43. The van der Waals surface area contributed by atoms with Gasteiger partial charge < -0.3 is 15.2 Å². The Balaban J connectivity index is 2.30. The minimum Gasteiger partial charge on any atom is -0.493 e. The molecule has 0 aliphatic heterocycles. The van der Waals surface area contributed by atoms with Crippen LogP contribution in [0.25, 0.3) is 0 Å². The van der Waals surface area contributed by atoms with Crippen molar-refractivity contribution in [3.8, 4) is 17.2 Å². The fourth-order valence-electron chi connectivity index (χ4n) is 1.74. The monoisotopic (exact) mass is 308 g/mol. The molecule has 2 aromatic rings. The van der Waals surface area contributed by atoms with Gasteiger partial charge in [0.1, 0.15) is 5.75 Å². The lowest BCUT2D eigenvalue weighted by molar-refractivity contribution is -0.384. The fourth-order valence-corrected chi connectivity index (χ4v) is 1.99. The van der Waals surface area contributed by atoms with Crippen molar-refractivity contribution in [3.05, 3.63) is 57.1 Å². The molecule has 2 aromatic carbocycles. The molecule has 0 aromatic heterocycles. The predicted octanol–water partition coefficient (Wildman–Crippen LogP) is 3.51. The molecule has 2 N–H and O–H groups in total. The molecule has 0 unspecified atom stereocenters. The molecule has 0 fully saturated rings. The Labute approximate surface area is 126 Å². The maximum Gasteiger partial charge on any atom is 0.273 e. The first-order chi connectivity index (χ1) is 10.0. The third-order valence-electron chi connectivity index (χ3n) is 2.83. The van der Waals surface area contributed by atoms with Gasteiger partial charge in [-0.05, 0) is 23.8 Å². The zero-order valence-corrected chi connectivity index (χ0v) is 12.0. The first-order valence-electron chi connectivity index (χ1n) is 6.04. The lowest BCUT2D eigenvalue weighted by atomic mass is 10.2. The van der Waals surface area contributed by atoms with E-state index >= 15 is 0 Å². The van der Waals surface area contributed by atoms with Crippen LogP contribution < -0.4 is 15.2 Å². The summed E-state index contributed by atoms with van der Waals surface area (Å²) in [6.07, 6.45) is 0.